The third kappa shape index (κ3) is 4.08. The second-order valence-corrected chi connectivity index (χ2v) is 5.30. The van der Waals surface area contributed by atoms with E-state index in [0.717, 1.165) is 24.4 Å². The molecule has 3 nitrogen and oxygen atoms in total. The Balaban J connectivity index is 2.12. The molecule has 0 saturated heterocycles. The predicted octanol–water partition coefficient (Wildman–Crippen LogP) is 3.51. The summed E-state index contributed by atoms with van der Waals surface area (Å²) in [4.78, 5) is 2.22. The Morgan fingerprint density at radius 3 is 2.62 bits per heavy atom. The highest BCUT2D eigenvalue weighted by atomic mass is 16.5. The average Bonchev–Trinajstić information content (AvgIpc) is 2.47. The topological polar surface area (TPSA) is 36.3 Å². The molecular weight excluding hydrogens is 260 g/mol. The number of methoxy groups -OCH3 is 1. The number of hydrogen-bond acceptors (Lipinski definition) is 3. The molecule has 0 aliphatic rings. The van der Waals surface area contributed by atoms with Gasteiger partial charge in [0.2, 0.25) is 0 Å². The van der Waals surface area contributed by atoms with Crippen LogP contribution in [0, 0.1) is 18.3 Å². The smallest absolute Gasteiger partial charge is 0.123 e. The van der Waals surface area contributed by atoms with E-state index in [9.17, 15) is 0 Å². The van der Waals surface area contributed by atoms with Crippen LogP contribution in [-0.4, -0.2) is 19.1 Å². The second-order valence-electron chi connectivity index (χ2n) is 5.30. The number of benzene rings is 2. The number of nitriles is 1. The maximum atomic E-state index is 9.02. The monoisotopic (exact) mass is 280 g/mol. The Kier molecular flexibility index (Phi) is 4.97. The number of hydrogen-bond donors (Lipinski definition) is 0. The number of ether oxygens (including phenoxy) is 1. The Morgan fingerprint density at radius 2 is 1.95 bits per heavy atom. The van der Waals surface area contributed by atoms with Crippen molar-refractivity contribution in [1.29, 1.82) is 5.26 Å². The highest BCUT2D eigenvalue weighted by molar-refractivity contribution is 5.42. The first-order chi connectivity index (χ1) is 10.1. The molecule has 0 radical (unpaired) electrons. The van der Waals surface area contributed by atoms with Gasteiger partial charge < -0.3 is 4.74 Å². The molecule has 0 unspecified atom stereocenters. The lowest BCUT2D eigenvalue weighted by molar-refractivity contribution is 0.310. The zero-order valence-corrected chi connectivity index (χ0v) is 12.8. The van der Waals surface area contributed by atoms with Crippen molar-refractivity contribution in [2.45, 2.75) is 20.0 Å². The SMILES string of the molecule is COc1ccc(C#N)cc1CN(C)Cc1cccc(C)c1. The minimum Gasteiger partial charge on any atom is -0.496 e. The summed E-state index contributed by atoms with van der Waals surface area (Å²) in [6, 6.07) is 16.2. The van der Waals surface area contributed by atoms with Gasteiger partial charge >= 0.3 is 0 Å². The molecule has 0 aliphatic carbocycles. The molecule has 0 N–H and O–H groups in total. The van der Waals surface area contributed by atoms with Gasteiger partial charge in [-0.05, 0) is 37.7 Å². The quantitative estimate of drug-likeness (QED) is 0.841. The average molecular weight is 280 g/mol. The van der Waals surface area contributed by atoms with Crippen LogP contribution in [0.2, 0.25) is 0 Å². The minimum atomic E-state index is 0.662. The zero-order chi connectivity index (χ0) is 15.2. The molecule has 108 valence electrons. The minimum absolute atomic E-state index is 0.662. The fraction of sp³-hybridized carbons (Fsp3) is 0.278. The summed E-state index contributed by atoms with van der Waals surface area (Å²) < 4.78 is 5.38. The molecule has 0 spiro atoms. The van der Waals surface area contributed by atoms with Crippen LogP contribution < -0.4 is 4.74 Å². The lowest BCUT2D eigenvalue weighted by Crippen LogP contribution is -2.17. The van der Waals surface area contributed by atoms with Gasteiger partial charge in [-0.15, -0.1) is 0 Å². The molecule has 3 heteroatoms. The fourth-order valence-corrected chi connectivity index (χ4v) is 2.44. The Morgan fingerprint density at radius 1 is 1.14 bits per heavy atom. The van der Waals surface area contributed by atoms with E-state index < -0.39 is 0 Å². The van der Waals surface area contributed by atoms with Crippen molar-refractivity contribution in [3.05, 3.63) is 64.7 Å². The van der Waals surface area contributed by atoms with Crippen LogP contribution in [0.1, 0.15) is 22.3 Å². The van der Waals surface area contributed by atoms with Crippen LogP contribution in [0.5, 0.6) is 5.75 Å². The van der Waals surface area contributed by atoms with E-state index in [2.05, 4.69) is 49.2 Å². The van der Waals surface area contributed by atoms with Gasteiger partial charge in [0.15, 0.2) is 0 Å². The molecule has 2 aromatic carbocycles. The molecule has 2 rings (SSSR count). The van der Waals surface area contributed by atoms with Crippen LogP contribution in [0.4, 0.5) is 0 Å². The lowest BCUT2D eigenvalue weighted by Gasteiger charge is -2.19. The zero-order valence-electron chi connectivity index (χ0n) is 12.8. The molecule has 21 heavy (non-hydrogen) atoms. The molecule has 0 aliphatic heterocycles. The Hall–Kier alpha value is -2.31. The first-order valence-corrected chi connectivity index (χ1v) is 6.93. The van der Waals surface area contributed by atoms with E-state index >= 15 is 0 Å². The van der Waals surface area contributed by atoms with Crippen molar-refractivity contribution >= 4 is 0 Å². The Labute approximate surface area is 126 Å². The first-order valence-electron chi connectivity index (χ1n) is 6.93. The molecular formula is C18H20N2O. The third-order valence-electron chi connectivity index (χ3n) is 3.38. The van der Waals surface area contributed by atoms with E-state index in [1.165, 1.54) is 11.1 Å². The van der Waals surface area contributed by atoms with E-state index in [0.29, 0.717) is 5.56 Å². The Bertz CT molecular complexity index is 659. The highest BCUT2D eigenvalue weighted by Gasteiger charge is 2.08. The maximum absolute atomic E-state index is 9.02. The van der Waals surface area contributed by atoms with Crippen LogP contribution >= 0.6 is 0 Å². The van der Waals surface area contributed by atoms with Gasteiger partial charge in [-0.2, -0.15) is 5.26 Å². The molecule has 2 aromatic rings. The molecule has 0 aromatic heterocycles. The second kappa shape index (κ2) is 6.92. The standard InChI is InChI=1S/C18H20N2O/c1-14-5-4-6-16(9-14)12-20(2)13-17-10-15(11-19)7-8-18(17)21-3/h4-10H,12-13H2,1-3H3. The van der Waals surface area contributed by atoms with Gasteiger partial charge in [-0.3, -0.25) is 4.90 Å². The number of rotatable bonds is 5. The molecule has 0 fully saturated rings. The molecule has 0 atom stereocenters. The molecule has 0 bridgehead atoms. The third-order valence-corrected chi connectivity index (χ3v) is 3.38. The fourth-order valence-electron chi connectivity index (χ4n) is 2.44. The van der Waals surface area contributed by atoms with Crippen molar-refractivity contribution in [3.8, 4) is 11.8 Å². The van der Waals surface area contributed by atoms with E-state index in [4.69, 9.17) is 10.00 Å². The molecule has 0 saturated carbocycles. The van der Waals surface area contributed by atoms with Gasteiger partial charge in [-0.25, -0.2) is 0 Å². The van der Waals surface area contributed by atoms with Crippen molar-refractivity contribution < 1.29 is 4.74 Å². The van der Waals surface area contributed by atoms with Crippen LogP contribution in [0.3, 0.4) is 0 Å². The first kappa shape index (κ1) is 15.1. The van der Waals surface area contributed by atoms with Crippen LogP contribution in [0.25, 0.3) is 0 Å². The summed E-state index contributed by atoms with van der Waals surface area (Å²) in [6.07, 6.45) is 0. The van der Waals surface area contributed by atoms with Gasteiger partial charge in [0.25, 0.3) is 0 Å². The normalized spacial score (nSPS) is 10.4. The van der Waals surface area contributed by atoms with Crippen molar-refractivity contribution in [3.63, 3.8) is 0 Å². The molecule has 0 heterocycles. The summed E-state index contributed by atoms with van der Waals surface area (Å²) in [5.74, 6) is 0.824. The predicted molar refractivity (Wildman–Crippen MR) is 84.1 cm³/mol. The summed E-state index contributed by atoms with van der Waals surface area (Å²) in [5.41, 5.74) is 4.25. The van der Waals surface area contributed by atoms with Gasteiger partial charge in [0, 0.05) is 18.7 Å². The summed E-state index contributed by atoms with van der Waals surface area (Å²) >= 11 is 0. The van der Waals surface area contributed by atoms with Crippen molar-refractivity contribution in [1.82, 2.24) is 4.90 Å². The lowest BCUT2D eigenvalue weighted by atomic mass is 10.1. The van der Waals surface area contributed by atoms with Gasteiger partial charge in [-0.1, -0.05) is 29.8 Å². The van der Waals surface area contributed by atoms with Gasteiger partial charge in [0.1, 0.15) is 5.75 Å². The highest BCUT2D eigenvalue weighted by Crippen LogP contribution is 2.21. The number of aryl methyl sites for hydroxylation is 1. The van der Waals surface area contributed by atoms with Crippen molar-refractivity contribution in [2.75, 3.05) is 14.2 Å². The summed E-state index contributed by atoms with van der Waals surface area (Å²) in [7, 11) is 3.73. The maximum Gasteiger partial charge on any atom is 0.123 e. The van der Waals surface area contributed by atoms with E-state index in [-0.39, 0.29) is 0 Å². The van der Waals surface area contributed by atoms with E-state index in [1.54, 1.807) is 13.2 Å². The number of nitrogens with zero attached hydrogens (tertiary/aromatic N) is 2. The summed E-state index contributed by atoms with van der Waals surface area (Å²) in [6.45, 7) is 3.71. The largest absolute Gasteiger partial charge is 0.496 e. The van der Waals surface area contributed by atoms with Crippen LogP contribution in [-0.2, 0) is 13.1 Å². The summed E-state index contributed by atoms with van der Waals surface area (Å²) in [5, 5.41) is 9.02. The molecule has 0 amide bonds. The van der Waals surface area contributed by atoms with Crippen molar-refractivity contribution in [2.24, 2.45) is 0 Å². The van der Waals surface area contributed by atoms with Crippen LogP contribution in [0.15, 0.2) is 42.5 Å². The van der Waals surface area contributed by atoms with E-state index in [1.807, 2.05) is 12.1 Å². The van der Waals surface area contributed by atoms with Gasteiger partial charge in [0.05, 0.1) is 18.7 Å².